The van der Waals surface area contributed by atoms with Gasteiger partial charge in [0.05, 0.1) is 16.6 Å². The maximum Gasteiger partial charge on any atom is 0.322 e. The molecule has 4 rings (SSSR count). The van der Waals surface area contributed by atoms with E-state index in [-0.39, 0.29) is 12.1 Å². The van der Waals surface area contributed by atoms with Crippen molar-refractivity contribution in [1.29, 1.82) is 5.26 Å². The first-order valence-electron chi connectivity index (χ1n) is 9.58. The van der Waals surface area contributed by atoms with Crippen LogP contribution in [0.15, 0.2) is 66.0 Å². The number of piperidine rings is 1. The van der Waals surface area contributed by atoms with Gasteiger partial charge in [-0.05, 0) is 52.9 Å². The van der Waals surface area contributed by atoms with E-state index >= 15 is 0 Å². The van der Waals surface area contributed by atoms with Gasteiger partial charge >= 0.3 is 6.03 Å². The number of benzene rings is 2. The first-order chi connectivity index (χ1) is 14.2. The number of anilines is 1. The molecule has 29 heavy (non-hydrogen) atoms. The van der Waals surface area contributed by atoms with Gasteiger partial charge in [-0.2, -0.15) is 5.26 Å². The molecule has 0 spiro atoms. The number of nitriles is 1. The Balaban J connectivity index is 1.29. The van der Waals surface area contributed by atoms with Crippen LogP contribution in [0.1, 0.15) is 18.4 Å². The molecule has 1 aliphatic heterocycles. The maximum atomic E-state index is 12.3. The Hall–Kier alpha value is -3.30. The highest BCUT2D eigenvalue weighted by Gasteiger charge is 2.24. The van der Waals surface area contributed by atoms with Gasteiger partial charge in [-0.25, -0.2) is 4.79 Å². The summed E-state index contributed by atoms with van der Waals surface area (Å²) in [6, 6.07) is 21.5. The van der Waals surface area contributed by atoms with Crippen molar-refractivity contribution >= 4 is 22.4 Å². The van der Waals surface area contributed by atoms with Crippen LogP contribution in [0.2, 0.25) is 0 Å². The molecule has 6 heteroatoms. The van der Waals surface area contributed by atoms with Gasteiger partial charge < -0.3 is 9.64 Å². The van der Waals surface area contributed by atoms with E-state index in [0.29, 0.717) is 18.7 Å². The first kappa shape index (κ1) is 19.0. The lowest BCUT2D eigenvalue weighted by Gasteiger charge is -2.32. The smallest absolute Gasteiger partial charge is 0.322 e. The normalized spacial score (nSPS) is 14.2. The summed E-state index contributed by atoms with van der Waals surface area (Å²) in [5.41, 5.74) is 2.81. The molecule has 1 fully saturated rings. The fraction of sp³-hybridized carbons (Fsp3) is 0.217. The number of amides is 2. The van der Waals surface area contributed by atoms with Crippen LogP contribution in [0.3, 0.4) is 0 Å². The van der Waals surface area contributed by atoms with Crippen LogP contribution in [0.25, 0.3) is 11.1 Å². The van der Waals surface area contributed by atoms with Crippen LogP contribution >= 0.6 is 11.3 Å². The number of hydrogen-bond acceptors (Lipinski definition) is 4. The Labute approximate surface area is 174 Å². The monoisotopic (exact) mass is 403 g/mol. The van der Waals surface area contributed by atoms with Gasteiger partial charge in [-0.3, -0.25) is 5.32 Å². The second kappa shape index (κ2) is 8.80. The fourth-order valence-corrected chi connectivity index (χ4v) is 3.97. The second-order valence-electron chi connectivity index (χ2n) is 6.93. The zero-order chi connectivity index (χ0) is 20.1. The lowest BCUT2D eigenvalue weighted by molar-refractivity contribution is 0.115. The number of hydrogen-bond donors (Lipinski definition) is 1. The predicted octanol–water partition coefficient (Wildman–Crippen LogP) is 5.36. The molecule has 0 radical (unpaired) electrons. The molecule has 1 N–H and O–H groups in total. The number of ether oxygens (including phenoxy) is 1. The van der Waals surface area contributed by atoms with Gasteiger partial charge in [-0.15, -0.1) is 11.3 Å². The Morgan fingerprint density at radius 2 is 1.69 bits per heavy atom. The van der Waals surface area contributed by atoms with Gasteiger partial charge in [0.15, 0.2) is 0 Å². The summed E-state index contributed by atoms with van der Waals surface area (Å²) in [4.78, 5) is 14.1. The molecule has 1 aromatic heterocycles. The molecule has 2 aromatic carbocycles. The van der Waals surface area contributed by atoms with E-state index in [4.69, 9.17) is 10.00 Å². The van der Waals surface area contributed by atoms with Crippen molar-refractivity contribution < 1.29 is 9.53 Å². The minimum absolute atomic E-state index is 0.0438. The van der Waals surface area contributed by atoms with E-state index in [1.807, 2.05) is 70.9 Å². The van der Waals surface area contributed by atoms with Crippen LogP contribution < -0.4 is 10.1 Å². The molecular formula is C23H21N3O2S. The van der Waals surface area contributed by atoms with Gasteiger partial charge in [0, 0.05) is 25.9 Å². The van der Waals surface area contributed by atoms with Crippen molar-refractivity contribution in [1.82, 2.24) is 4.90 Å². The number of carbonyl (C=O) groups excluding carboxylic acids is 1. The van der Waals surface area contributed by atoms with Crippen LogP contribution in [-0.2, 0) is 0 Å². The molecule has 0 atom stereocenters. The quantitative estimate of drug-likeness (QED) is 0.637. The number of rotatable bonds is 4. The molecular weight excluding hydrogens is 382 g/mol. The van der Waals surface area contributed by atoms with Gasteiger partial charge in [0.2, 0.25) is 0 Å². The van der Waals surface area contributed by atoms with Gasteiger partial charge in [0.1, 0.15) is 11.9 Å². The standard InChI is InChI=1S/C23H21N3O2S/c24-16-17-3-5-18(6-4-17)19-7-9-20(10-8-19)28-21-11-13-26(14-12-21)23(27)25-22-2-1-15-29-22/h1-10,15,21H,11-14H2,(H,25,27). The highest BCUT2D eigenvalue weighted by Crippen LogP contribution is 2.25. The number of nitrogens with zero attached hydrogens (tertiary/aromatic N) is 2. The minimum atomic E-state index is -0.0438. The lowest BCUT2D eigenvalue weighted by atomic mass is 10.0. The molecule has 2 amide bonds. The summed E-state index contributed by atoms with van der Waals surface area (Å²) in [7, 11) is 0. The minimum Gasteiger partial charge on any atom is -0.490 e. The number of likely N-dealkylation sites (tertiary alicyclic amines) is 1. The molecule has 1 aliphatic rings. The van der Waals surface area contributed by atoms with Crippen LogP contribution in [0, 0.1) is 11.3 Å². The van der Waals surface area contributed by atoms with E-state index in [0.717, 1.165) is 34.7 Å². The average molecular weight is 404 g/mol. The van der Waals surface area contributed by atoms with Crippen LogP contribution in [0.4, 0.5) is 9.80 Å². The summed E-state index contributed by atoms with van der Waals surface area (Å²) >= 11 is 1.52. The first-order valence-corrected chi connectivity index (χ1v) is 10.5. The zero-order valence-corrected chi connectivity index (χ0v) is 16.7. The molecule has 0 aliphatic carbocycles. The van der Waals surface area contributed by atoms with E-state index in [1.54, 1.807) is 0 Å². The fourth-order valence-electron chi connectivity index (χ4n) is 3.37. The third kappa shape index (κ3) is 4.76. The Morgan fingerprint density at radius 1 is 1.03 bits per heavy atom. The summed E-state index contributed by atoms with van der Waals surface area (Å²) in [5.74, 6) is 0.837. The van der Waals surface area contributed by atoms with E-state index in [2.05, 4.69) is 11.4 Å². The Morgan fingerprint density at radius 3 is 2.28 bits per heavy atom. The lowest BCUT2D eigenvalue weighted by Crippen LogP contribution is -2.43. The third-order valence-corrected chi connectivity index (χ3v) is 5.77. The number of thiophene rings is 1. The van der Waals surface area contributed by atoms with E-state index in [1.165, 1.54) is 11.3 Å². The van der Waals surface area contributed by atoms with Crippen molar-refractivity contribution in [3.8, 4) is 22.9 Å². The summed E-state index contributed by atoms with van der Waals surface area (Å²) in [6.45, 7) is 1.37. The number of nitrogens with one attached hydrogen (secondary N) is 1. The largest absolute Gasteiger partial charge is 0.490 e. The molecule has 1 saturated heterocycles. The van der Waals surface area contributed by atoms with Crippen molar-refractivity contribution in [2.45, 2.75) is 18.9 Å². The Bertz CT molecular complexity index is 984. The van der Waals surface area contributed by atoms with Crippen molar-refractivity contribution in [2.75, 3.05) is 18.4 Å². The summed E-state index contributed by atoms with van der Waals surface area (Å²) in [5, 5.41) is 14.7. The third-order valence-electron chi connectivity index (χ3n) is 4.98. The highest BCUT2D eigenvalue weighted by molar-refractivity contribution is 7.14. The summed E-state index contributed by atoms with van der Waals surface area (Å²) in [6.07, 6.45) is 1.74. The molecule has 2 heterocycles. The number of carbonyl (C=O) groups is 1. The van der Waals surface area contributed by atoms with E-state index in [9.17, 15) is 4.79 Å². The Kier molecular flexibility index (Phi) is 5.78. The topological polar surface area (TPSA) is 65.4 Å². The van der Waals surface area contributed by atoms with Crippen molar-refractivity contribution in [3.05, 3.63) is 71.6 Å². The average Bonchev–Trinajstić information content (AvgIpc) is 3.28. The zero-order valence-electron chi connectivity index (χ0n) is 15.9. The molecule has 5 nitrogen and oxygen atoms in total. The van der Waals surface area contributed by atoms with Crippen LogP contribution in [0.5, 0.6) is 5.75 Å². The molecule has 0 bridgehead atoms. The molecule has 146 valence electrons. The highest BCUT2D eigenvalue weighted by atomic mass is 32.1. The molecule has 0 unspecified atom stereocenters. The van der Waals surface area contributed by atoms with Gasteiger partial charge in [0.25, 0.3) is 0 Å². The van der Waals surface area contributed by atoms with Crippen LogP contribution in [-0.4, -0.2) is 30.1 Å². The van der Waals surface area contributed by atoms with Gasteiger partial charge in [-0.1, -0.05) is 24.3 Å². The van der Waals surface area contributed by atoms with Crippen molar-refractivity contribution in [2.24, 2.45) is 0 Å². The molecule has 0 saturated carbocycles. The maximum absolute atomic E-state index is 12.3. The summed E-state index contributed by atoms with van der Waals surface area (Å²) < 4.78 is 6.12. The predicted molar refractivity (Wildman–Crippen MR) is 115 cm³/mol. The number of urea groups is 1. The SMILES string of the molecule is N#Cc1ccc(-c2ccc(OC3CCN(C(=O)Nc4cccs4)CC3)cc2)cc1. The molecule has 3 aromatic rings. The van der Waals surface area contributed by atoms with Crippen molar-refractivity contribution in [3.63, 3.8) is 0 Å². The van der Waals surface area contributed by atoms with E-state index < -0.39 is 0 Å². The second-order valence-corrected chi connectivity index (χ2v) is 7.87.